The molecule has 0 aromatic heterocycles. The van der Waals surface area contributed by atoms with Crippen molar-refractivity contribution in [3.8, 4) is 0 Å². The summed E-state index contributed by atoms with van der Waals surface area (Å²) in [4.78, 5) is 12.0. The molecule has 1 amide bonds. The lowest BCUT2D eigenvalue weighted by molar-refractivity contribution is -0.0581. The summed E-state index contributed by atoms with van der Waals surface area (Å²) in [5.74, 6) is 5.25. The maximum atomic E-state index is 12.0. The Hall–Kier alpha value is -0.990. The first-order chi connectivity index (χ1) is 15.7. The molecule has 0 saturated heterocycles. The van der Waals surface area contributed by atoms with Crippen LogP contribution in [0.3, 0.4) is 0 Å². The Morgan fingerprint density at radius 2 is 1.88 bits per heavy atom. The van der Waals surface area contributed by atoms with Gasteiger partial charge in [-0.1, -0.05) is 65.5 Å². The summed E-state index contributed by atoms with van der Waals surface area (Å²) in [7, 11) is 0. The third-order valence-corrected chi connectivity index (χ3v) is 10.9. The SMILES string of the molecule is CCNC(=O)O[C@@H]1CC[C@]2(C)C(=CCC3C2CC[C@]2(C)C3CC[C@H]2[C@@H](C)CCCC(C)C)C1. The van der Waals surface area contributed by atoms with Crippen LogP contribution >= 0.6 is 0 Å². The number of carbonyl (C=O) groups excluding carboxylic acids is 1. The summed E-state index contributed by atoms with van der Waals surface area (Å²) in [5, 5.41) is 2.80. The fraction of sp³-hybridized carbons (Fsp3) is 0.900. The predicted octanol–water partition coefficient (Wildman–Crippen LogP) is 8.14. The maximum Gasteiger partial charge on any atom is 0.407 e. The van der Waals surface area contributed by atoms with Crippen LogP contribution in [0, 0.1) is 46.3 Å². The highest BCUT2D eigenvalue weighted by Gasteiger charge is 2.59. The van der Waals surface area contributed by atoms with E-state index in [2.05, 4.69) is 46.0 Å². The smallest absolute Gasteiger partial charge is 0.407 e. The van der Waals surface area contributed by atoms with Crippen molar-refractivity contribution in [3.05, 3.63) is 11.6 Å². The summed E-state index contributed by atoms with van der Waals surface area (Å²) in [5.41, 5.74) is 2.48. The van der Waals surface area contributed by atoms with Crippen LogP contribution in [-0.2, 0) is 4.74 Å². The number of rotatable bonds is 7. The fourth-order valence-electron chi connectivity index (χ4n) is 9.09. The molecule has 0 aromatic rings. The molecule has 3 saturated carbocycles. The summed E-state index contributed by atoms with van der Waals surface area (Å²) in [6, 6.07) is 0. The van der Waals surface area contributed by atoms with E-state index < -0.39 is 0 Å². The highest BCUT2D eigenvalue weighted by molar-refractivity contribution is 5.67. The van der Waals surface area contributed by atoms with Crippen LogP contribution < -0.4 is 5.32 Å². The lowest BCUT2D eigenvalue weighted by Crippen LogP contribution is -2.51. The van der Waals surface area contributed by atoms with Gasteiger partial charge < -0.3 is 10.1 Å². The van der Waals surface area contributed by atoms with Crippen molar-refractivity contribution in [2.24, 2.45) is 46.3 Å². The van der Waals surface area contributed by atoms with Crippen LogP contribution in [0.15, 0.2) is 11.6 Å². The number of allylic oxidation sites excluding steroid dienone is 1. The van der Waals surface area contributed by atoms with Crippen molar-refractivity contribution in [3.63, 3.8) is 0 Å². The number of nitrogens with one attached hydrogen (secondary N) is 1. The van der Waals surface area contributed by atoms with E-state index in [1.807, 2.05) is 6.92 Å². The molecule has 4 rings (SSSR count). The van der Waals surface area contributed by atoms with Crippen molar-refractivity contribution in [1.82, 2.24) is 5.32 Å². The van der Waals surface area contributed by atoms with Crippen molar-refractivity contribution >= 4 is 6.09 Å². The zero-order valence-electron chi connectivity index (χ0n) is 22.4. The van der Waals surface area contributed by atoms with E-state index in [0.29, 0.717) is 17.4 Å². The van der Waals surface area contributed by atoms with Gasteiger partial charge in [0.1, 0.15) is 6.10 Å². The number of amides is 1. The molecule has 188 valence electrons. The van der Waals surface area contributed by atoms with Crippen LogP contribution in [0.2, 0.25) is 0 Å². The van der Waals surface area contributed by atoms with Gasteiger partial charge in [-0.2, -0.15) is 0 Å². The molecule has 4 aliphatic rings. The van der Waals surface area contributed by atoms with Crippen molar-refractivity contribution in [2.75, 3.05) is 6.54 Å². The minimum atomic E-state index is -0.242. The second kappa shape index (κ2) is 9.94. The minimum absolute atomic E-state index is 0.0591. The fourth-order valence-corrected chi connectivity index (χ4v) is 9.09. The monoisotopic (exact) mass is 457 g/mol. The van der Waals surface area contributed by atoms with Gasteiger partial charge in [-0.25, -0.2) is 4.79 Å². The number of carbonyl (C=O) groups is 1. The van der Waals surface area contributed by atoms with E-state index >= 15 is 0 Å². The molecule has 3 heteroatoms. The van der Waals surface area contributed by atoms with Crippen LogP contribution in [-0.4, -0.2) is 18.7 Å². The van der Waals surface area contributed by atoms with Gasteiger partial charge in [-0.15, -0.1) is 0 Å². The third kappa shape index (κ3) is 4.76. The molecule has 3 fully saturated rings. The van der Waals surface area contributed by atoms with Gasteiger partial charge in [-0.05, 0) is 98.2 Å². The van der Waals surface area contributed by atoms with Gasteiger partial charge in [0.2, 0.25) is 0 Å². The quantitative estimate of drug-likeness (QED) is 0.392. The van der Waals surface area contributed by atoms with Gasteiger partial charge >= 0.3 is 6.09 Å². The Labute approximate surface area is 203 Å². The highest BCUT2D eigenvalue weighted by atomic mass is 16.6. The lowest BCUT2D eigenvalue weighted by Gasteiger charge is -2.58. The van der Waals surface area contributed by atoms with E-state index in [9.17, 15) is 4.79 Å². The molecule has 1 N–H and O–H groups in total. The molecule has 0 heterocycles. The average Bonchev–Trinajstić information content (AvgIpc) is 3.11. The van der Waals surface area contributed by atoms with Crippen LogP contribution in [0.5, 0.6) is 0 Å². The first-order valence-electron chi connectivity index (χ1n) is 14.3. The van der Waals surface area contributed by atoms with Gasteiger partial charge in [-0.3, -0.25) is 0 Å². The molecule has 0 spiro atoms. The Morgan fingerprint density at radius 3 is 2.61 bits per heavy atom. The third-order valence-electron chi connectivity index (χ3n) is 10.9. The van der Waals surface area contributed by atoms with Crippen LogP contribution in [0.25, 0.3) is 0 Å². The number of fused-ring (bicyclic) bond motifs is 5. The van der Waals surface area contributed by atoms with E-state index in [1.54, 1.807) is 5.57 Å². The first kappa shape index (κ1) is 25.1. The molecule has 0 radical (unpaired) electrons. The molecular weight excluding hydrogens is 406 g/mol. The van der Waals surface area contributed by atoms with Gasteiger partial charge in [0.15, 0.2) is 0 Å². The number of alkyl carbamates (subject to hydrolysis) is 1. The van der Waals surface area contributed by atoms with Crippen LogP contribution in [0.1, 0.15) is 112 Å². The summed E-state index contributed by atoms with van der Waals surface area (Å²) < 4.78 is 5.74. The molecule has 0 bridgehead atoms. The number of hydrogen-bond donors (Lipinski definition) is 1. The standard InChI is InChI=1S/C30H51NO2/c1-7-31-28(32)33-23-15-17-29(5)22(19-23)11-12-24-26-14-13-25(21(4)10-8-9-20(2)3)30(26,6)18-16-27(24)29/h11,20-21,23-27H,7-10,12-19H2,1-6H3,(H,31,32)/t21-,23+,24?,25-,26?,27?,29+,30-/m0/s1. The minimum Gasteiger partial charge on any atom is -0.446 e. The van der Waals surface area contributed by atoms with E-state index in [4.69, 9.17) is 4.74 Å². The van der Waals surface area contributed by atoms with Crippen molar-refractivity contribution < 1.29 is 9.53 Å². The zero-order chi connectivity index (χ0) is 23.8. The summed E-state index contributed by atoms with van der Waals surface area (Å²) >= 11 is 0. The van der Waals surface area contributed by atoms with Gasteiger partial charge in [0.05, 0.1) is 0 Å². The molecule has 0 aromatic carbocycles. The van der Waals surface area contributed by atoms with Gasteiger partial charge in [0, 0.05) is 13.0 Å². The topological polar surface area (TPSA) is 38.3 Å². The molecule has 4 aliphatic carbocycles. The summed E-state index contributed by atoms with van der Waals surface area (Å²) in [6.45, 7) is 15.1. The van der Waals surface area contributed by atoms with E-state index in [0.717, 1.165) is 48.3 Å². The predicted molar refractivity (Wildman–Crippen MR) is 137 cm³/mol. The zero-order valence-corrected chi connectivity index (χ0v) is 22.4. The second-order valence-corrected chi connectivity index (χ2v) is 13.1. The van der Waals surface area contributed by atoms with Crippen LogP contribution in [0.4, 0.5) is 4.79 Å². The van der Waals surface area contributed by atoms with Crippen molar-refractivity contribution in [2.45, 2.75) is 118 Å². The normalized spacial score (nSPS) is 40.9. The van der Waals surface area contributed by atoms with Crippen molar-refractivity contribution in [1.29, 1.82) is 0 Å². The molecule has 3 nitrogen and oxygen atoms in total. The Kier molecular flexibility index (Phi) is 7.56. The van der Waals surface area contributed by atoms with E-state index in [-0.39, 0.29) is 12.2 Å². The molecule has 8 atom stereocenters. The number of ether oxygens (including phenoxy) is 1. The van der Waals surface area contributed by atoms with Gasteiger partial charge in [0.25, 0.3) is 0 Å². The lowest BCUT2D eigenvalue weighted by atomic mass is 9.47. The molecule has 0 aliphatic heterocycles. The molecular formula is C30H51NO2. The second-order valence-electron chi connectivity index (χ2n) is 13.1. The first-order valence-corrected chi connectivity index (χ1v) is 14.3. The molecule has 3 unspecified atom stereocenters. The number of hydrogen-bond acceptors (Lipinski definition) is 2. The molecule has 33 heavy (non-hydrogen) atoms. The maximum absolute atomic E-state index is 12.0. The highest BCUT2D eigenvalue weighted by Crippen LogP contribution is 2.67. The summed E-state index contributed by atoms with van der Waals surface area (Å²) in [6.07, 6.45) is 16.8. The Balaban J connectivity index is 1.43. The largest absolute Gasteiger partial charge is 0.446 e. The van der Waals surface area contributed by atoms with E-state index in [1.165, 1.54) is 57.8 Å². The average molecular weight is 458 g/mol. The Bertz CT molecular complexity index is 729. The Morgan fingerprint density at radius 1 is 1.09 bits per heavy atom.